The number of aryl methyl sites for hydroxylation is 2. The number of nitrogens with one attached hydrogen (secondary N) is 1. The first kappa shape index (κ1) is 19.9. The quantitative estimate of drug-likeness (QED) is 0.754. The zero-order chi connectivity index (χ0) is 19.1. The normalized spacial score (nSPS) is 15.3. The lowest BCUT2D eigenvalue weighted by molar-refractivity contribution is -0.147. The number of rotatable bonds is 7. The summed E-state index contributed by atoms with van der Waals surface area (Å²) in [6.45, 7) is 3.34. The van der Waals surface area contributed by atoms with Gasteiger partial charge in [-0.2, -0.15) is 0 Å². The fourth-order valence-corrected chi connectivity index (χ4v) is 3.09. The second kappa shape index (κ2) is 9.36. The lowest BCUT2D eigenvalue weighted by Gasteiger charge is -2.21. The summed E-state index contributed by atoms with van der Waals surface area (Å²) in [6.07, 6.45) is 5.01. The number of esters is 2. The second-order valence-corrected chi connectivity index (χ2v) is 6.72. The summed E-state index contributed by atoms with van der Waals surface area (Å²) < 4.78 is 9.83. The van der Waals surface area contributed by atoms with E-state index in [1.807, 2.05) is 26.0 Å². The Morgan fingerprint density at radius 3 is 2.50 bits per heavy atom. The lowest BCUT2D eigenvalue weighted by atomic mass is 9.90. The molecule has 0 heterocycles. The van der Waals surface area contributed by atoms with Crippen molar-refractivity contribution in [3.63, 3.8) is 0 Å². The monoisotopic (exact) mass is 361 g/mol. The van der Waals surface area contributed by atoms with E-state index in [0.717, 1.165) is 19.3 Å². The molecular weight excluding hydrogens is 334 g/mol. The Morgan fingerprint density at radius 2 is 1.85 bits per heavy atom. The first-order valence-corrected chi connectivity index (χ1v) is 9.12. The van der Waals surface area contributed by atoms with Gasteiger partial charge in [-0.3, -0.25) is 4.79 Å². The standard InChI is InChI=1S/C20H27NO5/c1-4-13(2)18(20(24)25-3)21-17(22)12-26-19(23)16-10-9-14-7-5-6-8-15(14)11-16/h9-11,13,18H,4-8,12H2,1-3H3,(H,21,22)/t13-,18+/m1/s1. The summed E-state index contributed by atoms with van der Waals surface area (Å²) in [5.74, 6) is -1.64. The van der Waals surface area contributed by atoms with Crippen molar-refractivity contribution in [2.75, 3.05) is 13.7 Å². The summed E-state index contributed by atoms with van der Waals surface area (Å²) in [4.78, 5) is 36.1. The van der Waals surface area contributed by atoms with Gasteiger partial charge in [-0.1, -0.05) is 26.3 Å². The van der Waals surface area contributed by atoms with Crippen LogP contribution in [0.4, 0.5) is 0 Å². The van der Waals surface area contributed by atoms with Crippen LogP contribution in [-0.4, -0.2) is 37.6 Å². The number of methoxy groups -OCH3 is 1. The predicted molar refractivity (Wildman–Crippen MR) is 96.8 cm³/mol. The van der Waals surface area contributed by atoms with Gasteiger partial charge in [-0.25, -0.2) is 9.59 Å². The van der Waals surface area contributed by atoms with Crippen molar-refractivity contribution < 1.29 is 23.9 Å². The number of amides is 1. The highest BCUT2D eigenvalue weighted by molar-refractivity contribution is 5.92. The van der Waals surface area contributed by atoms with Gasteiger partial charge in [0.05, 0.1) is 12.7 Å². The fraction of sp³-hybridized carbons (Fsp3) is 0.550. The van der Waals surface area contributed by atoms with E-state index in [1.165, 1.54) is 24.7 Å². The van der Waals surface area contributed by atoms with Crippen molar-refractivity contribution in [1.82, 2.24) is 5.32 Å². The Kier molecular flexibility index (Phi) is 7.18. The van der Waals surface area contributed by atoms with Crippen LogP contribution < -0.4 is 5.32 Å². The highest BCUT2D eigenvalue weighted by atomic mass is 16.5. The zero-order valence-electron chi connectivity index (χ0n) is 15.7. The minimum absolute atomic E-state index is 0.0808. The van der Waals surface area contributed by atoms with Crippen molar-refractivity contribution in [1.29, 1.82) is 0 Å². The average molecular weight is 361 g/mol. The van der Waals surface area contributed by atoms with Crippen molar-refractivity contribution in [2.24, 2.45) is 5.92 Å². The molecule has 0 unspecified atom stereocenters. The van der Waals surface area contributed by atoms with Gasteiger partial charge in [0.1, 0.15) is 6.04 Å². The maximum absolute atomic E-state index is 12.2. The Morgan fingerprint density at radius 1 is 1.15 bits per heavy atom. The second-order valence-electron chi connectivity index (χ2n) is 6.72. The maximum atomic E-state index is 12.2. The number of hydrogen-bond donors (Lipinski definition) is 1. The highest BCUT2D eigenvalue weighted by Gasteiger charge is 2.27. The highest BCUT2D eigenvalue weighted by Crippen LogP contribution is 2.22. The first-order valence-electron chi connectivity index (χ1n) is 9.12. The molecule has 1 aliphatic rings. The van der Waals surface area contributed by atoms with E-state index < -0.39 is 30.5 Å². The molecule has 6 nitrogen and oxygen atoms in total. The molecule has 1 aliphatic carbocycles. The number of hydrogen-bond acceptors (Lipinski definition) is 5. The number of carbonyl (C=O) groups excluding carboxylic acids is 3. The van der Waals surface area contributed by atoms with Gasteiger partial charge in [-0.05, 0) is 54.9 Å². The van der Waals surface area contributed by atoms with Gasteiger partial charge in [0.25, 0.3) is 5.91 Å². The summed E-state index contributed by atoms with van der Waals surface area (Å²) >= 11 is 0. The lowest BCUT2D eigenvalue weighted by Crippen LogP contribution is -2.47. The van der Waals surface area contributed by atoms with Gasteiger partial charge >= 0.3 is 11.9 Å². The molecule has 0 saturated heterocycles. The third-order valence-electron chi connectivity index (χ3n) is 4.90. The van der Waals surface area contributed by atoms with E-state index in [2.05, 4.69) is 5.32 Å². The minimum Gasteiger partial charge on any atom is -0.467 e. The molecule has 1 aromatic carbocycles. The molecular formula is C20H27NO5. The first-order chi connectivity index (χ1) is 12.5. The Hall–Kier alpha value is -2.37. The molecule has 2 rings (SSSR count). The predicted octanol–water partition coefficient (Wildman–Crippen LogP) is 2.43. The molecule has 142 valence electrons. The molecule has 1 N–H and O–H groups in total. The topological polar surface area (TPSA) is 81.7 Å². The molecule has 0 saturated carbocycles. The van der Waals surface area contributed by atoms with Crippen LogP contribution in [0.15, 0.2) is 18.2 Å². The van der Waals surface area contributed by atoms with E-state index in [0.29, 0.717) is 12.0 Å². The van der Waals surface area contributed by atoms with Crippen LogP contribution in [0.5, 0.6) is 0 Å². The zero-order valence-corrected chi connectivity index (χ0v) is 15.7. The van der Waals surface area contributed by atoms with Crippen molar-refractivity contribution in [3.05, 3.63) is 34.9 Å². The molecule has 0 fully saturated rings. The van der Waals surface area contributed by atoms with Gasteiger partial charge in [0, 0.05) is 0 Å². The van der Waals surface area contributed by atoms with Gasteiger partial charge < -0.3 is 14.8 Å². The number of ether oxygens (including phenoxy) is 2. The van der Waals surface area contributed by atoms with Crippen molar-refractivity contribution in [2.45, 2.75) is 52.0 Å². The van der Waals surface area contributed by atoms with Crippen molar-refractivity contribution in [3.8, 4) is 0 Å². The Balaban J connectivity index is 1.91. The van der Waals surface area contributed by atoms with E-state index >= 15 is 0 Å². The third-order valence-corrected chi connectivity index (χ3v) is 4.90. The van der Waals surface area contributed by atoms with E-state index in [4.69, 9.17) is 9.47 Å². The molecule has 6 heteroatoms. The number of fused-ring (bicyclic) bond motifs is 1. The molecule has 0 radical (unpaired) electrons. The SMILES string of the molecule is CC[C@@H](C)[C@H](NC(=O)COC(=O)c1ccc2c(c1)CCCC2)C(=O)OC. The molecule has 0 aromatic heterocycles. The molecule has 26 heavy (non-hydrogen) atoms. The van der Waals surface area contributed by atoms with Crippen LogP contribution in [0.1, 0.15) is 54.6 Å². The molecule has 1 aromatic rings. The molecule has 0 bridgehead atoms. The van der Waals surface area contributed by atoms with Crippen LogP contribution in [-0.2, 0) is 31.9 Å². The van der Waals surface area contributed by atoms with Crippen LogP contribution in [0.2, 0.25) is 0 Å². The van der Waals surface area contributed by atoms with Crippen LogP contribution in [0.25, 0.3) is 0 Å². The smallest absolute Gasteiger partial charge is 0.338 e. The van der Waals surface area contributed by atoms with E-state index in [9.17, 15) is 14.4 Å². The average Bonchev–Trinajstić information content (AvgIpc) is 2.68. The Labute approximate surface area is 154 Å². The summed E-state index contributed by atoms with van der Waals surface area (Å²) in [7, 11) is 1.28. The van der Waals surface area contributed by atoms with Crippen LogP contribution in [0.3, 0.4) is 0 Å². The van der Waals surface area contributed by atoms with Crippen molar-refractivity contribution >= 4 is 17.8 Å². The number of carbonyl (C=O) groups is 3. The van der Waals surface area contributed by atoms with Gasteiger partial charge in [0.15, 0.2) is 6.61 Å². The summed E-state index contributed by atoms with van der Waals surface area (Å²) in [5, 5.41) is 2.58. The number of benzene rings is 1. The van der Waals surface area contributed by atoms with Gasteiger partial charge in [0.2, 0.25) is 0 Å². The largest absolute Gasteiger partial charge is 0.467 e. The fourth-order valence-electron chi connectivity index (χ4n) is 3.09. The maximum Gasteiger partial charge on any atom is 0.338 e. The Bertz CT molecular complexity index is 670. The van der Waals surface area contributed by atoms with Crippen LogP contribution >= 0.6 is 0 Å². The minimum atomic E-state index is -0.750. The van der Waals surface area contributed by atoms with E-state index in [1.54, 1.807) is 6.07 Å². The van der Waals surface area contributed by atoms with E-state index in [-0.39, 0.29) is 5.92 Å². The molecule has 0 aliphatic heterocycles. The molecule has 1 amide bonds. The molecule has 2 atom stereocenters. The summed E-state index contributed by atoms with van der Waals surface area (Å²) in [6, 6.07) is 4.80. The summed E-state index contributed by atoms with van der Waals surface area (Å²) in [5.41, 5.74) is 2.91. The van der Waals surface area contributed by atoms with Crippen LogP contribution in [0, 0.1) is 5.92 Å². The third kappa shape index (κ3) is 5.07. The van der Waals surface area contributed by atoms with Gasteiger partial charge in [-0.15, -0.1) is 0 Å². The molecule has 0 spiro atoms.